The normalized spacial score (nSPS) is 16.4. The molecule has 86 valence electrons. The molecular weight excluding hydrogens is 296 g/mol. The van der Waals surface area contributed by atoms with Gasteiger partial charge < -0.3 is 4.55 Å². The molecule has 1 heterocycles. The Morgan fingerprint density at radius 3 is 2.60 bits per heavy atom. The minimum absolute atomic E-state index is 0.0638. The molecule has 0 spiro atoms. The van der Waals surface area contributed by atoms with E-state index in [-0.39, 0.29) is 10.8 Å². The number of hydrogen-bond donors (Lipinski definition) is 1. The van der Waals surface area contributed by atoms with Crippen molar-refractivity contribution in [1.29, 1.82) is 0 Å². The molecule has 0 saturated carbocycles. The van der Waals surface area contributed by atoms with Crippen LogP contribution in [0.3, 0.4) is 0 Å². The third-order valence-electron chi connectivity index (χ3n) is 1.76. The summed E-state index contributed by atoms with van der Waals surface area (Å²) in [6.45, 7) is 7.84. The van der Waals surface area contributed by atoms with E-state index in [0.717, 1.165) is 8.79 Å². The molecule has 1 aromatic rings. The fourth-order valence-corrected chi connectivity index (χ4v) is 3.04. The Labute approximate surface area is 106 Å². The van der Waals surface area contributed by atoms with Crippen molar-refractivity contribution < 1.29 is 4.55 Å². The molecule has 0 aliphatic heterocycles. The number of nitrogens with zero attached hydrogens (tertiary/aromatic N) is 1. The van der Waals surface area contributed by atoms with Gasteiger partial charge in [0.2, 0.25) is 0 Å². The Balaban J connectivity index is 2.60. The minimum atomic E-state index is -1.05. The molecule has 0 aromatic carbocycles. The average Bonchev–Trinajstić information content (AvgIpc) is 2.50. The first-order chi connectivity index (χ1) is 6.80. The van der Waals surface area contributed by atoms with Crippen molar-refractivity contribution in [3.8, 4) is 0 Å². The number of halogens is 1. The average molecular weight is 311 g/mol. The van der Waals surface area contributed by atoms with Crippen LogP contribution in [0.4, 0.5) is 0 Å². The van der Waals surface area contributed by atoms with Crippen LogP contribution in [-0.4, -0.2) is 14.3 Å². The summed E-state index contributed by atoms with van der Waals surface area (Å²) >= 11 is 3.82. The van der Waals surface area contributed by atoms with Crippen molar-refractivity contribution in [2.75, 3.05) is 0 Å². The zero-order valence-corrected chi connectivity index (χ0v) is 12.4. The molecule has 3 nitrogen and oxygen atoms in total. The van der Waals surface area contributed by atoms with E-state index in [9.17, 15) is 4.55 Å². The number of aromatic nitrogens is 1. The van der Waals surface area contributed by atoms with E-state index in [2.05, 4.69) is 25.6 Å². The van der Waals surface area contributed by atoms with Gasteiger partial charge >= 0.3 is 0 Å². The summed E-state index contributed by atoms with van der Waals surface area (Å²) in [7, 11) is 0. The number of hydrogen-bond acceptors (Lipinski definition) is 4. The van der Waals surface area contributed by atoms with E-state index >= 15 is 0 Å². The summed E-state index contributed by atoms with van der Waals surface area (Å²) in [5.74, 6) is 0. The zero-order valence-electron chi connectivity index (χ0n) is 9.20. The molecule has 2 atom stereocenters. The summed E-state index contributed by atoms with van der Waals surface area (Å²) in [5.41, 5.74) is 0. The van der Waals surface area contributed by atoms with Gasteiger partial charge in [-0.3, -0.25) is 0 Å². The van der Waals surface area contributed by atoms with Crippen LogP contribution in [0.2, 0.25) is 0 Å². The molecule has 6 heteroatoms. The highest BCUT2D eigenvalue weighted by Crippen LogP contribution is 2.26. The molecule has 1 N–H and O–H groups in total. The smallest absolute Gasteiger partial charge is 0.159 e. The second-order valence-corrected chi connectivity index (χ2v) is 8.57. The number of rotatable bonds is 3. The van der Waals surface area contributed by atoms with Crippen LogP contribution in [0.15, 0.2) is 10.1 Å². The lowest BCUT2D eigenvalue weighted by Gasteiger charge is -2.25. The lowest BCUT2D eigenvalue weighted by molar-refractivity contribution is 0.532. The first kappa shape index (κ1) is 13.4. The van der Waals surface area contributed by atoms with E-state index in [1.165, 1.54) is 0 Å². The second kappa shape index (κ2) is 5.14. The van der Waals surface area contributed by atoms with Crippen LogP contribution in [0.5, 0.6) is 0 Å². The SMILES string of the molecule is CC(N[S+]([O-])C(C)(C)C)c1cnc(Br)s1. The lowest BCUT2D eigenvalue weighted by atomic mass is 10.3. The lowest BCUT2D eigenvalue weighted by Crippen LogP contribution is -2.40. The maximum absolute atomic E-state index is 11.8. The number of nitrogens with one attached hydrogen (secondary N) is 1. The maximum atomic E-state index is 11.8. The van der Waals surface area contributed by atoms with Crippen LogP contribution in [-0.2, 0) is 11.4 Å². The molecule has 1 aromatic heterocycles. The summed E-state index contributed by atoms with van der Waals surface area (Å²) in [4.78, 5) is 5.19. The molecule has 0 bridgehead atoms. The van der Waals surface area contributed by atoms with Gasteiger partial charge in [0.1, 0.15) is 4.75 Å². The van der Waals surface area contributed by atoms with Crippen LogP contribution in [0.1, 0.15) is 38.6 Å². The van der Waals surface area contributed by atoms with Gasteiger partial charge in [0, 0.05) is 22.4 Å². The molecule has 2 unspecified atom stereocenters. The quantitative estimate of drug-likeness (QED) is 0.873. The van der Waals surface area contributed by atoms with E-state index in [1.54, 1.807) is 17.5 Å². The van der Waals surface area contributed by atoms with Crippen molar-refractivity contribution in [2.45, 2.75) is 38.5 Å². The standard InChI is InChI=1S/C9H15BrN2OS2/c1-6(7-5-11-8(10)14-7)12-15(13)9(2,3)4/h5-6,12H,1-4H3. The third kappa shape index (κ3) is 4.03. The topological polar surface area (TPSA) is 48.0 Å². The van der Waals surface area contributed by atoms with Crippen LogP contribution in [0.25, 0.3) is 0 Å². The fourth-order valence-electron chi connectivity index (χ4n) is 0.860. The Bertz CT molecular complexity index is 324. The second-order valence-electron chi connectivity index (χ2n) is 4.24. The Hall–Kier alpha value is 0.380. The monoisotopic (exact) mass is 310 g/mol. The van der Waals surface area contributed by atoms with Crippen molar-refractivity contribution in [1.82, 2.24) is 9.71 Å². The van der Waals surface area contributed by atoms with Crippen LogP contribution < -0.4 is 4.72 Å². The zero-order chi connectivity index (χ0) is 11.6. The highest BCUT2D eigenvalue weighted by Gasteiger charge is 2.28. The maximum Gasteiger partial charge on any atom is 0.159 e. The van der Waals surface area contributed by atoms with Gasteiger partial charge in [-0.2, -0.15) is 0 Å². The fraction of sp³-hybridized carbons (Fsp3) is 0.667. The Morgan fingerprint density at radius 1 is 1.60 bits per heavy atom. The summed E-state index contributed by atoms with van der Waals surface area (Å²) in [5, 5.41) is 0. The van der Waals surface area contributed by atoms with E-state index in [4.69, 9.17) is 0 Å². The van der Waals surface area contributed by atoms with Crippen molar-refractivity contribution in [2.24, 2.45) is 0 Å². The molecule has 0 saturated heterocycles. The molecular formula is C9H15BrN2OS2. The Morgan fingerprint density at radius 2 is 2.20 bits per heavy atom. The summed E-state index contributed by atoms with van der Waals surface area (Å²) < 4.78 is 15.5. The van der Waals surface area contributed by atoms with Crippen LogP contribution >= 0.6 is 27.3 Å². The highest BCUT2D eigenvalue weighted by atomic mass is 79.9. The molecule has 1 rings (SSSR count). The van der Waals surface area contributed by atoms with Crippen LogP contribution in [0, 0.1) is 0 Å². The predicted molar refractivity (Wildman–Crippen MR) is 69.3 cm³/mol. The largest absolute Gasteiger partial charge is 0.598 e. The van der Waals surface area contributed by atoms with Gasteiger partial charge in [0.25, 0.3) is 0 Å². The van der Waals surface area contributed by atoms with Gasteiger partial charge in [-0.1, -0.05) is 0 Å². The predicted octanol–water partition coefficient (Wildman–Crippen LogP) is 3.02. The van der Waals surface area contributed by atoms with E-state index < -0.39 is 11.4 Å². The number of thiazole rings is 1. The molecule has 0 amide bonds. The highest BCUT2D eigenvalue weighted by molar-refractivity contribution is 9.11. The third-order valence-corrected chi connectivity index (χ3v) is 5.10. The van der Waals surface area contributed by atoms with E-state index in [0.29, 0.717) is 0 Å². The first-order valence-electron chi connectivity index (χ1n) is 4.60. The van der Waals surface area contributed by atoms with Gasteiger partial charge in [-0.15, -0.1) is 16.1 Å². The first-order valence-corrected chi connectivity index (χ1v) is 7.36. The van der Waals surface area contributed by atoms with Crippen molar-refractivity contribution in [3.05, 3.63) is 15.0 Å². The van der Waals surface area contributed by atoms with E-state index in [1.807, 2.05) is 27.7 Å². The molecule has 0 fully saturated rings. The molecule has 0 radical (unpaired) electrons. The van der Waals surface area contributed by atoms with Gasteiger partial charge in [-0.25, -0.2) is 4.98 Å². The van der Waals surface area contributed by atoms with Gasteiger partial charge in [0.05, 0.1) is 6.04 Å². The Kier molecular flexibility index (Phi) is 4.61. The van der Waals surface area contributed by atoms with Crippen molar-refractivity contribution in [3.63, 3.8) is 0 Å². The molecule has 0 aliphatic carbocycles. The van der Waals surface area contributed by atoms with Crippen molar-refractivity contribution >= 4 is 38.6 Å². The van der Waals surface area contributed by atoms with Gasteiger partial charge in [0.15, 0.2) is 3.92 Å². The van der Waals surface area contributed by atoms with Gasteiger partial charge in [-0.05, 0) is 43.6 Å². The molecule has 0 aliphatic rings. The minimum Gasteiger partial charge on any atom is -0.598 e. The summed E-state index contributed by atoms with van der Waals surface area (Å²) in [6.07, 6.45) is 1.80. The molecule has 15 heavy (non-hydrogen) atoms. The summed E-state index contributed by atoms with van der Waals surface area (Å²) in [6, 6.07) is 0.0638.